The molecule has 0 aromatic heterocycles. The molecule has 0 amide bonds. The van der Waals surface area contributed by atoms with Gasteiger partial charge in [0, 0.05) is 0 Å². The Labute approximate surface area is 102 Å². The van der Waals surface area contributed by atoms with Gasteiger partial charge in [-0.05, 0) is 0 Å². The molecular formula is C8H14O10. The van der Waals surface area contributed by atoms with Gasteiger partial charge in [-0.2, -0.15) is 0 Å². The van der Waals surface area contributed by atoms with E-state index in [-0.39, 0.29) is 13.2 Å². The minimum absolute atomic E-state index is 0.342. The second-order valence-corrected chi connectivity index (χ2v) is 2.60. The van der Waals surface area contributed by atoms with Gasteiger partial charge in [-0.25, -0.2) is 20.5 Å². The van der Waals surface area contributed by atoms with Crippen LogP contribution in [-0.2, 0) is 28.9 Å². The molecule has 0 saturated carbocycles. The fourth-order valence-corrected chi connectivity index (χ4v) is 0.694. The lowest BCUT2D eigenvalue weighted by atomic mass is 10.7. The third-order valence-electron chi connectivity index (χ3n) is 1.35. The normalized spacial score (nSPS) is 15.1. The van der Waals surface area contributed by atoms with E-state index in [1.54, 1.807) is 0 Å². The van der Waals surface area contributed by atoms with Crippen LogP contribution in [0.4, 0.5) is 0 Å². The molecule has 0 aliphatic heterocycles. The molecule has 10 heteroatoms. The summed E-state index contributed by atoms with van der Waals surface area (Å²) in [6.45, 7) is 5.82. The molecule has 0 aliphatic rings. The first-order valence-electron chi connectivity index (χ1n) is 4.41. The maximum absolute atomic E-state index is 9.40. The summed E-state index contributed by atoms with van der Waals surface area (Å²) < 4.78 is 13.2. The van der Waals surface area contributed by atoms with Crippen molar-refractivity contribution in [2.45, 2.75) is 12.3 Å². The fourth-order valence-electron chi connectivity index (χ4n) is 0.694. The Morgan fingerprint density at radius 2 is 1.39 bits per heavy atom. The van der Waals surface area contributed by atoms with E-state index < -0.39 is 12.3 Å². The minimum atomic E-state index is -3.17. The van der Waals surface area contributed by atoms with Gasteiger partial charge in [0.25, 0.3) is 0 Å². The van der Waals surface area contributed by atoms with Gasteiger partial charge in [0.05, 0.1) is 13.2 Å². The number of ether oxygens (including phenoxy) is 3. The molecule has 0 spiro atoms. The van der Waals surface area contributed by atoms with E-state index in [4.69, 9.17) is 15.8 Å². The predicted octanol–water partition coefficient (Wildman–Crippen LogP) is 0.0919. The predicted molar refractivity (Wildman–Crippen MR) is 52.2 cm³/mol. The van der Waals surface area contributed by atoms with E-state index >= 15 is 0 Å². The average Bonchev–Trinajstić information content (AvgIpc) is 2.41. The topological polar surface area (TPSA) is 136 Å². The van der Waals surface area contributed by atoms with Crippen molar-refractivity contribution in [2.24, 2.45) is 0 Å². The van der Waals surface area contributed by atoms with Gasteiger partial charge in [-0.3, -0.25) is 9.47 Å². The largest absolute Gasteiger partial charge is 0.472 e. The molecule has 0 aromatic carbocycles. The first-order chi connectivity index (χ1) is 8.51. The summed E-state index contributed by atoms with van der Waals surface area (Å²) in [5.41, 5.74) is 0. The zero-order valence-corrected chi connectivity index (χ0v) is 9.22. The Balaban J connectivity index is 4.78. The van der Waals surface area contributed by atoms with Gasteiger partial charge in [0.2, 0.25) is 0 Å². The van der Waals surface area contributed by atoms with Crippen LogP contribution in [0.25, 0.3) is 0 Å². The van der Waals surface area contributed by atoms with Gasteiger partial charge in [-0.1, -0.05) is 12.2 Å². The van der Waals surface area contributed by atoms with Crippen LogP contribution in [0.2, 0.25) is 0 Å². The molecule has 4 N–H and O–H groups in total. The summed E-state index contributed by atoms with van der Waals surface area (Å²) in [5.74, 6) is 0. The van der Waals surface area contributed by atoms with Crippen molar-refractivity contribution in [3.05, 3.63) is 25.3 Å². The molecule has 0 aliphatic carbocycles. The second kappa shape index (κ2) is 8.23. The van der Waals surface area contributed by atoms with E-state index in [1.807, 2.05) is 0 Å². The molecule has 1 unspecified atom stereocenters. The van der Waals surface area contributed by atoms with Crippen molar-refractivity contribution in [2.75, 3.05) is 13.2 Å². The molecule has 0 fully saturated rings. The smallest absolute Gasteiger partial charge is 0.317 e. The van der Waals surface area contributed by atoms with Crippen molar-refractivity contribution in [3.8, 4) is 0 Å². The maximum atomic E-state index is 9.40. The molecule has 0 bridgehead atoms. The molecular weight excluding hydrogens is 256 g/mol. The summed E-state index contributed by atoms with van der Waals surface area (Å²) in [5, 5.41) is 34.8. The van der Waals surface area contributed by atoms with Crippen molar-refractivity contribution >= 4 is 0 Å². The third-order valence-corrected chi connectivity index (χ3v) is 1.35. The molecule has 0 radical (unpaired) electrons. The summed E-state index contributed by atoms with van der Waals surface area (Å²) >= 11 is 0. The Bertz CT molecular complexity index is 252. The van der Waals surface area contributed by atoms with E-state index in [0.717, 1.165) is 0 Å². The van der Waals surface area contributed by atoms with Gasteiger partial charge >= 0.3 is 12.3 Å². The molecule has 18 heavy (non-hydrogen) atoms. The molecule has 10 nitrogen and oxygen atoms in total. The Morgan fingerprint density at radius 1 is 0.889 bits per heavy atom. The van der Waals surface area contributed by atoms with Crippen molar-refractivity contribution < 1.29 is 49.8 Å². The summed E-state index contributed by atoms with van der Waals surface area (Å²) in [4.78, 5) is 10.5. The molecule has 0 heterocycles. The zero-order chi connectivity index (χ0) is 14.1. The first kappa shape index (κ1) is 17.1. The zero-order valence-electron chi connectivity index (χ0n) is 9.22. The lowest BCUT2D eigenvalue weighted by molar-refractivity contribution is -0.708. The lowest BCUT2D eigenvalue weighted by Crippen LogP contribution is -2.52. The highest BCUT2D eigenvalue weighted by Gasteiger charge is 2.49. The highest BCUT2D eigenvalue weighted by atomic mass is 17.4. The quantitative estimate of drug-likeness (QED) is 0.177. The molecule has 0 rings (SSSR count). The van der Waals surface area contributed by atoms with Crippen LogP contribution in [0.5, 0.6) is 0 Å². The monoisotopic (exact) mass is 270 g/mol. The van der Waals surface area contributed by atoms with Gasteiger partial charge in [-0.15, -0.1) is 27.8 Å². The van der Waals surface area contributed by atoms with Crippen LogP contribution in [-0.4, -0.2) is 46.4 Å². The Hall–Kier alpha value is -0.920. The van der Waals surface area contributed by atoms with Crippen LogP contribution in [0, 0.1) is 0 Å². The fraction of sp³-hybridized carbons (Fsp3) is 0.500. The minimum Gasteiger partial charge on any atom is -0.317 e. The summed E-state index contributed by atoms with van der Waals surface area (Å²) in [6.07, 6.45) is -3.87. The highest BCUT2D eigenvalue weighted by molar-refractivity contribution is 4.65. The summed E-state index contributed by atoms with van der Waals surface area (Å²) in [6, 6.07) is 0. The lowest BCUT2D eigenvalue weighted by Gasteiger charge is -2.31. The molecule has 1 atom stereocenters. The van der Waals surface area contributed by atoms with Crippen molar-refractivity contribution in [1.29, 1.82) is 0 Å². The van der Waals surface area contributed by atoms with Gasteiger partial charge in [0.15, 0.2) is 0 Å². The van der Waals surface area contributed by atoms with Crippen molar-refractivity contribution in [3.63, 3.8) is 0 Å². The molecule has 0 aromatic rings. The number of rotatable bonds is 11. The Morgan fingerprint density at radius 3 is 1.78 bits per heavy atom. The number of aliphatic hydroxyl groups is 1. The number of hydrogen-bond acceptors (Lipinski definition) is 10. The van der Waals surface area contributed by atoms with E-state index in [9.17, 15) is 5.11 Å². The molecule has 106 valence electrons. The van der Waals surface area contributed by atoms with E-state index in [0.29, 0.717) is 0 Å². The standard InChI is InChI=1S/C8H14O10/c1-3-5-13-7(9,16-10)15-8(17-11,18-12)14-6-4-2/h3-4,9-12H,1-2,5-6H2. The van der Waals surface area contributed by atoms with E-state index in [2.05, 4.69) is 42.0 Å². The first-order valence-corrected chi connectivity index (χ1v) is 4.41. The highest BCUT2D eigenvalue weighted by Crippen LogP contribution is 2.24. The molecule has 0 saturated heterocycles. The van der Waals surface area contributed by atoms with Crippen LogP contribution in [0.15, 0.2) is 25.3 Å². The van der Waals surface area contributed by atoms with Crippen LogP contribution in [0.3, 0.4) is 0 Å². The number of hydrogen-bond donors (Lipinski definition) is 4. The maximum Gasteiger partial charge on any atom is 0.472 e. The van der Waals surface area contributed by atoms with Gasteiger partial charge < -0.3 is 5.11 Å². The van der Waals surface area contributed by atoms with Crippen LogP contribution >= 0.6 is 0 Å². The Kier molecular flexibility index (Phi) is 7.81. The third kappa shape index (κ3) is 5.16. The second-order valence-electron chi connectivity index (χ2n) is 2.60. The van der Waals surface area contributed by atoms with E-state index in [1.165, 1.54) is 12.2 Å². The van der Waals surface area contributed by atoms with Gasteiger partial charge in [0.1, 0.15) is 0 Å². The van der Waals surface area contributed by atoms with Crippen LogP contribution in [0.1, 0.15) is 0 Å². The SMILES string of the molecule is C=CCOC(O)(OO)OC(OO)(OO)OCC=C. The average molecular weight is 270 g/mol. The van der Waals surface area contributed by atoms with Crippen LogP contribution < -0.4 is 0 Å². The van der Waals surface area contributed by atoms with Crippen molar-refractivity contribution in [1.82, 2.24) is 0 Å². The summed E-state index contributed by atoms with van der Waals surface area (Å²) in [7, 11) is 0.